The van der Waals surface area contributed by atoms with E-state index in [2.05, 4.69) is 15.0 Å². The number of benzene rings is 1. The van der Waals surface area contributed by atoms with E-state index in [0.717, 1.165) is 53.1 Å². The van der Waals surface area contributed by atoms with Crippen molar-refractivity contribution in [2.75, 3.05) is 18.0 Å². The molecule has 0 radical (unpaired) electrons. The number of rotatable bonds is 5. The molecule has 0 saturated carbocycles. The minimum Gasteiger partial charge on any atom is -0.455 e. The number of fused-ring (bicyclic) bond motifs is 1. The summed E-state index contributed by atoms with van der Waals surface area (Å²) in [7, 11) is 1.87. The first-order valence-electron chi connectivity index (χ1n) is 9.93. The van der Waals surface area contributed by atoms with Crippen molar-refractivity contribution in [3.63, 3.8) is 0 Å². The average molecular weight is 420 g/mol. The molecule has 0 amide bonds. The van der Waals surface area contributed by atoms with Crippen LogP contribution >= 0.6 is 11.3 Å². The lowest BCUT2D eigenvalue weighted by Crippen LogP contribution is -2.23. The largest absolute Gasteiger partial charge is 0.455 e. The Morgan fingerprint density at radius 3 is 2.83 bits per heavy atom. The highest BCUT2D eigenvalue weighted by Crippen LogP contribution is 2.28. The molecule has 7 nitrogen and oxygen atoms in total. The molecule has 0 atom stereocenters. The number of ether oxygens (including phenoxy) is 1. The van der Waals surface area contributed by atoms with Crippen molar-refractivity contribution in [3.8, 4) is 10.6 Å². The number of nitrogens with zero attached hydrogens (tertiary/aromatic N) is 5. The fraction of sp³-hybridized carbons (Fsp3) is 0.273. The maximum atomic E-state index is 13.0. The van der Waals surface area contributed by atoms with Gasteiger partial charge in [0.05, 0.1) is 17.4 Å². The molecule has 0 aliphatic carbocycles. The van der Waals surface area contributed by atoms with Gasteiger partial charge in [-0.2, -0.15) is 5.10 Å². The molecule has 0 unspecified atom stereocenters. The molecule has 4 heterocycles. The summed E-state index contributed by atoms with van der Waals surface area (Å²) in [5.41, 5.74) is 3.08. The topological polar surface area (TPSA) is 73.1 Å². The second kappa shape index (κ2) is 7.87. The first-order valence-corrected chi connectivity index (χ1v) is 10.8. The predicted molar refractivity (Wildman–Crippen MR) is 117 cm³/mol. The molecule has 0 spiro atoms. The van der Waals surface area contributed by atoms with Gasteiger partial charge in [-0.05, 0) is 25.0 Å². The highest BCUT2D eigenvalue weighted by Gasteiger charge is 2.23. The van der Waals surface area contributed by atoms with Crippen LogP contribution in [0.25, 0.3) is 21.5 Å². The van der Waals surface area contributed by atoms with E-state index in [4.69, 9.17) is 9.72 Å². The van der Waals surface area contributed by atoms with Gasteiger partial charge >= 0.3 is 5.97 Å². The molecule has 1 aliphatic rings. The number of aromatic nitrogens is 4. The summed E-state index contributed by atoms with van der Waals surface area (Å²) in [5, 5.41) is 7.88. The van der Waals surface area contributed by atoms with E-state index in [1.165, 1.54) is 11.3 Å². The minimum atomic E-state index is -0.369. The molecule has 8 heteroatoms. The Hall–Kier alpha value is -3.26. The molecule has 0 bridgehead atoms. The Morgan fingerprint density at radius 1 is 1.20 bits per heavy atom. The van der Waals surface area contributed by atoms with Gasteiger partial charge in [0, 0.05) is 42.7 Å². The fourth-order valence-corrected chi connectivity index (χ4v) is 4.46. The second-order valence-corrected chi connectivity index (χ2v) is 8.23. The maximum Gasteiger partial charge on any atom is 0.342 e. The number of esters is 1. The summed E-state index contributed by atoms with van der Waals surface area (Å²) in [6.07, 6.45) is 5.91. The standard InChI is InChI=1S/C22H21N5O2S/c1-26-12-16(11-23-26)21-24-17(14-30-21)13-29-22(28)18-10-15-6-2-3-7-19(15)25-20(18)27-8-4-5-9-27/h2-3,6-7,10-12,14H,4-5,8-9,13H2,1H3. The monoisotopic (exact) mass is 419 g/mol. The van der Waals surface area contributed by atoms with E-state index in [0.29, 0.717) is 11.4 Å². The Kier molecular flexibility index (Phi) is 4.92. The summed E-state index contributed by atoms with van der Waals surface area (Å²) in [6.45, 7) is 1.94. The zero-order valence-electron chi connectivity index (χ0n) is 16.6. The van der Waals surface area contributed by atoms with Crippen LogP contribution in [0.3, 0.4) is 0 Å². The third kappa shape index (κ3) is 3.66. The van der Waals surface area contributed by atoms with Gasteiger partial charge in [-0.1, -0.05) is 18.2 Å². The predicted octanol–water partition coefficient (Wildman–Crippen LogP) is 4.05. The number of para-hydroxylation sites is 1. The molecule has 0 N–H and O–H groups in total. The van der Waals surface area contributed by atoms with Gasteiger partial charge < -0.3 is 9.64 Å². The highest BCUT2D eigenvalue weighted by atomic mass is 32.1. The Labute approximate surface area is 177 Å². The number of aryl methyl sites for hydroxylation is 1. The van der Waals surface area contributed by atoms with Crippen LogP contribution < -0.4 is 4.90 Å². The van der Waals surface area contributed by atoms with Crippen LogP contribution in [-0.2, 0) is 18.4 Å². The van der Waals surface area contributed by atoms with Gasteiger partial charge in [-0.25, -0.2) is 14.8 Å². The van der Waals surface area contributed by atoms with Gasteiger partial charge in [-0.3, -0.25) is 4.68 Å². The highest BCUT2D eigenvalue weighted by molar-refractivity contribution is 7.13. The van der Waals surface area contributed by atoms with Crippen LogP contribution in [0, 0.1) is 0 Å². The van der Waals surface area contributed by atoms with E-state index in [1.54, 1.807) is 10.9 Å². The average Bonchev–Trinajstić information content (AvgIpc) is 3.52. The second-order valence-electron chi connectivity index (χ2n) is 7.37. The molecule has 1 saturated heterocycles. The van der Waals surface area contributed by atoms with E-state index < -0.39 is 0 Å². The Bertz CT molecular complexity index is 1210. The Morgan fingerprint density at radius 2 is 2.03 bits per heavy atom. The maximum absolute atomic E-state index is 13.0. The van der Waals surface area contributed by atoms with Crippen LogP contribution in [-0.4, -0.2) is 38.8 Å². The summed E-state index contributed by atoms with van der Waals surface area (Å²) in [6, 6.07) is 9.74. The minimum absolute atomic E-state index is 0.127. The summed E-state index contributed by atoms with van der Waals surface area (Å²) >= 11 is 1.51. The smallest absolute Gasteiger partial charge is 0.342 e. The van der Waals surface area contributed by atoms with Crippen LogP contribution in [0.15, 0.2) is 48.1 Å². The molecular formula is C22H21N5O2S. The van der Waals surface area contributed by atoms with Crippen LogP contribution in [0.4, 0.5) is 5.82 Å². The Balaban J connectivity index is 1.38. The van der Waals surface area contributed by atoms with E-state index in [-0.39, 0.29) is 12.6 Å². The number of hydrogen-bond donors (Lipinski definition) is 0. The van der Waals surface area contributed by atoms with Crippen LogP contribution in [0.1, 0.15) is 28.9 Å². The molecule has 1 aromatic carbocycles. The van der Waals surface area contributed by atoms with E-state index >= 15 is 0 Å². The van der Waals surface area contributed by atoms with Crippen molar-refractivity contribution in [2.45, 2.75) is 19.4 Å². The SMILES string of the molecule is Cn1cc(-c2nc(COC(=O)c3cc4ccccc4nc3N3CCCC3)cs2)cn1. The molecule has 1 aliphatic heterocycles. The lowest BCUT2D eigenvalue weighted by molar-refractivity contribution is 0.0469. The molecule has 4 aromatic rings. The number of pyridine rings is 1. The number of hydrogen-bond acceptors (Lipinski definition) is 7. The zero-order valence-corrected chi connectivity index (χ0v) is 17.4. The fourth-order valence-electron chi connectivity index (χ4n) is 3.68. The van der Waals surface area contributed by atoms with Crippen molar-refractivity contribution < 1.29 is 9.53 Å². The van der Waals surface area contributed by atoms with Crippen molar-refractivity contribution in [3.05, 3.63) is 59.4 Å². The van der Waals surface area contributed by atoms with E-state index in [9.17, 15) is 4.79 Å². The van der Waals surface area contributed by atoms with Crippen LogP contribution in [0.5, 0.6) is 0 Å². The number of carbonyl (C=O) groups is 1. The molecular weight excluding hydrogens is 398 g/mol. The summed E-state index contributed by atoms with van der Waals surface area (Å²) < 4.78 is 7.37. The third-order valence-electron chi connectivity index (χ3n) is 5.18. The molecule has 5 rings (SSSR count). The van der Waals surface area contributed by atoms with E-state index in [1.807, 2.05) is 49.0 Å². The number of anilines is 1. The molecule has 1 fully saturated rings. The van der Waals surface area contributed by atoms with Crippen LogP contribution in [0.2, 0.25) is 0 Å². The molecule has 3 aromatic heterocycles. The van der Waals surface area contributed by atoms with Gasteiger partial charge in [0.1, 0.15) is 23.0 Å². The number of carbonyl (C=O) groups excluding carboxylic acids is 1. The van der Waals surface area contributed by atoms with Gasteiger partial charge in [0.15, 0.2) is 0 Å². The van der Waals surface area contributed by atoms with Gasteiger partial charge in [-0.15, -0.1) is 11.3 Å². The van der Waals surface area contributed by atoms with Crippen molar-refractivity contribution in [2.24, 2.45) is 7.05 Å². The van der Waals surface area contributed by atoms with Crippen molar-refractivity contribution >= 4 is 34.0 Å². The normalized spacial score (nSPS) is 13.8. The van der Waals surface area contributed by atoms with Gasteiger partial charge in [0.25, 0.3) is 0 Å². The summed E-state index contributed by atoms with van der Waals surface area (Å²) in [5.74, 6) is 0.344. The lowest BCUT2D eigenvalue weighted by atomic mass is 10.1. The first kappa shape index (κ1) is 18.7. The van der Waals surface area contributed by atoms with Gasteiger partial charge in [0.2, 0.25) is 0 Å². The zero-order chi connectivity index (χ0) is 20.5. The number of thiazole rings is 1. The van der Waals surface area contributed by atoms with Crippen molar-refractivity contribution in [1.82, 2.24) is 19.7 Å². The lowest BCUT2D eigenvalue weighted by Gasteiger charge is -2.20. The molecule has 30 heavy (non-hydrogen) atoms. The molecule has 152 valence electrons. The quantitative estimate of drug-likeness (QED) is 0.455. The van der Waals surface area contributed by atoms with Crippen molar-refractivity contribution in [1.29, 1.82) is 0 Å². The summed E-state index contributed by atoms with van der Waals surface area (Å²) in [4.78, 5) is 24.5. The first-order chi connectivity index (χ1) is 14.7. The third-order valence-corrected chi connectivity index (χ3v) is 6.12.